The van der Waals surface area contributed by atoms with Crippen LogP contribution < -0.4 is 0 Å². The summed E-state index contributed by atoms with van der Waals surface area (Å²) in [5.41, 5.74) is 2.28. The van der Waals surface area contributed by atoms with Gasteiger partial charge in [0.05, 0.1) is 6.10 Å². The topological polar surface area (TPSA) is 20.2 Å². The van der Waals surface area contributed by atoms with Crippen molar-refractivity contribution < 1.29 is 5.11 Å². The zero-order valence-electron chi connectivity index (χ0n) is 10.8. The highest BCUT2D eigenvalue weighted by Crippen LogP contribution is 2.34. The molecule has 1 N–H and O–H groups in total. The monoisotopic (exact) mass is 258 g/mol. The van der Waals surface area contributed by atoms with Crippen LogP contribution in [0.2, 0.25) is 0 Å². The molecule has 0 aliphatic heterocycles. The average Bonchev–Trinajstić information content (AvgIpc) is 2.41. The highest BCUT2D eigenvalue weighted by Gasteiger charge is 2.10. The van der Waals surface area contributed by atoms with Crippen molar-refractivity contribution in [1.82, 2.24) is 0 Å². The van der Waals surface area contributed by atoms with Crippen molar-refractivity contribution in [3.8, 4) is 0 Å². The highest BCUT2D eigenvalue weighted by atomic mass is 32.2. The Hall–Kier alpha value is -1.25. The van der Waals surface area contributed by atoms with Gasteiger partial charge in [-0.3, -0.25) is 0 Å². The van der Waals surface area contributed by atoms with Gasteiger partial charge in [0.25, 0.3) is 0 Å². The van der Waals surface area contributed by atoms with E-state index in [1.54, 1.807) is 11.8 Å². The molecule has 0 spiro atoms. The predicted molar refractivity (Wildman–Crippen MR) is 77.0 cm³/mol. The number of aliphatic hydroxyl groups excluding tert-OH is 1. The molecule has 1 nitrogen and oxygen atoms in total. The van der Waals surface area contributed by atoms with Gasteiger partial charge < -0.3 is 5.11 Å². The Morgan fingerprint density at radius 2 is 1.72 bits per heavy atom. The number of hydrogen-bond donors (Lipinski definition) is 1. The van der Waals surface area contributed by atoms with Gasteiger partial charge in [-0.25, -0.2) is 0 Å². The minimum absolute atomic E-state index is 0.376. The van der Waals surface area contributed by atoms with Gasteiger partial charge in [-0.15, -0.1) is 0 Å². The Kier molecular flexibility index (Phi) is 4.45. The predicted octanol–water partition coefficient (Wildman–Crippen LogP) is 4.59. The van der Waals surface area contributed by atoms with Crippen LogP contribution in [0.15, 0.2) is 58.3 Å². The van der Waals surface area contributed by atoms with Crippen molar-refractivity contribution in [1.29, 1.82) is 0 Å². The van der Waals surface area contributed by atoms with Gasteiger partial charge >= 0.3 is 0 Å². The van der Waals surface area contributed by atoms with Crippen molar-refractivity contribution in [2.24, 2.45) is 0 Å². The minimum atomic E-state index is -0.376. The Morgan fingerprint density at radius 3 is 2.39 bits per heavy atom. The van der Waals surface area contributed by atoms with E-state index >= 15 is 0 Å². The minimum Gasteiger partial charge on any atom is -0.388 e. The maximum atomic E-state index is 10.0. The third-order valence-corrected chi connectivity index (χ3v) is 4.01. The van der Waals surface area contributed by atoms with Crippen LogP contribution in [-0.4, -0.2) is 5.11 Å². The molecular weight excluding hydrogens is 240 g/mol. The molecule has 0 saturated carbocycles. The number of rotatable bonds is 4. The molecule has 0 fully saturated rings. The molecule has 0 saturated heterocycles. The molecule has 18 heavy (non-hydrogen) atoms. The lowest BCUT2D eigenvalue weighted by Gasteiger charge is -2.13. The highest BCUT2D eigenvalue weighted by molar-refractivity contribution is 7.99. The fourth-order valence-corrected chi connectivity index (χ4v) is 2.80. The fourth-order valence-electron chi connectivity index (χ4n) is 1.80. The third kappa shape index (κ3) is 3.15. The molecule has 2 aromatic carbocycles. The molecule has 94 valence electrons. The second-order valence-electron chi connectivity index (χ2n) is 4.38. The van der Waals surface area contributed by atoms with Gasteiger partial charge in [0, 0.05) is 9.79 Å². The van der Waals surface area contributed by atoms with E-state index in [0.29, 0.717) is 0 Å². The first-order chi connectivity index (χ1) is 8.70. The standard InChI is InChI=1S/C16H18OS/c1-3-15(17)14-6-4-5-7-16(14)18-13-10-8-12(2)9-11-13/h4-11,15,17H,3H2,1-2H3/t15-/m0/s1. The summed E-state index contributed by atoms with van der Waals surface area (Å²) in [4.78, 5) is 2.34. The van der Waals surface area contributed by atoms with Gasteiger partial charge in [-0.2, -0.15) is 0 Å². The zero-order valence-corrected chi connectivity index (χ0v) is 11.6. The zero-order chi connectivity index (χ0) is 13.0. The van der Waals surface area contributed by atoms with Crippen molar-refractivity contribution in [2.75, 3.05) is 0 Å². The third-order valence-electron chi connectivity index (χ3n) is 2.91. The Balaban J connectivity index is 2.26. The lowest BCUT2D eigenvalue weighted by atomic mass is 10.1. The molecule has 0 radical (unpaired) electrons. The first-order valence-electron chi connectivity index (χ1n) is 6.22. The molecule has 2 aromatic rings. The van der Waals surface area contributed by atoms with Crippen LogP contribution in [0, 0.1) is 6.92 Å². The molecule has 0 heterocycles. The summed E-state index contributed by atoms with van der Waals surface area (Å²) < 4.78 is 0. The van der Waals surface area contributed by atoms with E-state index in [1.807, 2.05) is 25.1 Å². The summed E-state index contributed by atoms with van der Waals surface area (Å²) in [6.07, 6.45) is 0.366. The molecule has 1 atom stereocenters. The summed E-state index contributed by atoms with van der Waals surface area (Å²) in [6.45, 7) is 4.08. The fraction of sp³-hybridized carbons (Fsp3) is 0.250. The van der Waals surface area contributed by atoms with Crippen molar-refractivity contribution in [3.63, 3.8) is 0 Å². The molecule has 2 rings (SSSR count). The van der Waals surface area contributed by atoms with E-state index in [9.17, 15) is 5.11 Å². The molecule has 0 amide bonds. The first-order valence-corrected chi connectivity index (χ1v) is 7.04. The van der Waals surface area contributed by atoms with Crippen LogP contribution in [0.5, 0.6) is 0 Å². The number of benzene rings is 2. The van der Waals surface area contributed by atoms with E-state index in [4.69, 9.17) is 0 Å². The Morgan fingerprint density at radius 1 is 1.06 bits per heavy atom. The molecule has 0 aliphatic rings. The van der Waals surface area contributed by atoms with E-state index in [2.05, 4.69) is 37.3 Å². The summed E-state index contributed by atoms with van der Waals surface area (Å²) in [5.74, 6) is 0. The summed E-state index contributed by atoms with van der Waals surface area (Å²) in [5, 5.41) is 10.0. The van der Waals surface area contributed by atoms with Gasteiger partial charge in [-0.05, 0) is 37.1 Å². The van der Waals surface area contributed by atoms with Crippen molar-refractivity contribution in [2.45, 2.75) is 36.2 Å². The largest absolute Gasteiger partial charge is 0.388 e. The van der Waals surface area contributed by atoms with Gasteiger partial charge in [0.2, 0.25) is 0 Å². The SMILES string of the molecule is CC[C@H](O)c1ccccc1Sc1ccc(C)cc1. The van der Waals surface area contributed by atoms with Gasteiger partial charge in [0.1, 0.15) is 0 Å². The maximum Gasteiger partial charge on any atom is 0.0798 e. The van der Waals surface area contributed by atoms with Crippen molar-refractivity contribution in [3.05, 3.63) is 59.7 Å². The lowest BCUT2D eigenvalue weighted by molar-refractivity contribution is 0.171. The molecular formula is C16H18OS. The quantitative estimate of drug-likeness (QED) is 0.865. The number of aryl methyl sites for hydroxylation is 1. The normalized spacial score (nSPS) is 12.4. The van der Waals surface area contributed by atoms with Crippen LogP contribution in [0.3, 0.4) is 0 Å². The summed E-state index contributed by atoms with van der Waals surface area (Å²) in [6, 6.07) is 16.5. The first kappa shape index (κ1) is 13.2. The summed E-state index contributed by atoms with van der Waals surface area (Å²) >= 11 is 1.71. The van der Waals surface area contributed by atoms with Crippen LogP contribution >= 0.6 is 11.8 Å². The van der Waals surface area contributed by atoms with E-state index < -0.39 is 0 Å². The van der Waals surface area contributed by atoms with Crippen LogP contribution in [-0.2, 0) is 0 Å². The van der Waals surface area contributed by atoms with Gasteiger partial charge in [0.15, 0.2) is 0 Å². The van der Waals surface area contributed by atoms with E-state index in [-0.39, 0.29) is 6.10 Å². The molecule has 0 bridgehead atoms. The number of hydrogen-bond acceptors (Lipinski definition) is 2. The molecule has 0 aromatic heterocycles. The van der Waals surface area contributed by atoms with Crippen LogP contribution in [0.25, 0.3) is 0 Å². The Labute approximate surface area is 113 Å². The second-order valence-corrected chi connectivity index (χ2v) is 5.49. The van der Waals surface area contributed by atoms with Crippen LogP contribution in [0.4, 0.5) is 0 Å². The molecule has 0 aliphatic carbocycles. The number of aliphatic hydroxyl groups is 1. The molecule has 2 heteroatoms. The smallest absolute Gasteiger partial charge is 0.0798 e. The van der Waals surface area contributed by atoms with Gasteiger partial charge in [-0.1, -0.05) is 54.6 Å². The second kappa shape index (κ2) is 6.07. The Bertz CT molecular complexity index is 505. The van der Waals surface area contributed by atoms with Crippen molar-refractivity contribution >= 4 is 11.8 Å². The average molecular weight is 258 g/mol. The van der Waals surface area contributed by atoms with E-state index in [0.717, 1.165) is 16.9 Å². The van der Waals surface area contributed by atoms with E-state index in [1.165, 1.54) is 10.5 Å². The molecule has 0 unspecified atom stereocenters. The summed E-state index contributed by atoms with van der Waals surface area (Å²) in [7, 11) is 0. The lowest BCUT2D eigenvalue weighted by Crippen LogP contribution is -1.96. The van der Waals surface area contributed by atoms with Crippen LogP contribution in [0.1, 0.15) is 30.6 Å². The maximum absolute atomic E-state index is 10.0.